The number of benzene rings is 6. The third-order valence-corrected chi connectivity index (χ3v) is 12.1. The van der Waals surface area contributed by atoms with Crippen molar-refractivity contribution in [2.24, 2.45) is 5.41 Å². The van der Waals surface area contributed by atoms with Gasteiger partial charge in [-0.3, -0.25) is 9.13 Å². The van der Waals surface area contributed by atoms with Gasteiger partial charge < -0.3 is 19.9 Å². The first-order valence-electron chi connectivity index (χ1n) is 21.2. The first-order chi connectivity index (χ1) is 30.7. The van der Waals surface area contributed by atoms with Crippen molar-refractivity contribution >= 4 is 0 Å². The Morgan fingerprint density at radius 1 is 0.422 bits per heavy atom. The fourth-order valence-corrected chi connectivity index (χ4v) is 7.75. The zero-order chi connectivity index (χ0) is 43.4. The second kappa shape index (κ2) is 18.7. The van der Waals surface area contributed by atoms with Crippen molar-refractivity contribution in [1.82, 2.24) is 39.0 Å². The van der Waals surface area contributed by atoms with Crippen molar-refractivity contribution in [3.05, 3.63) is 207 Å². The van der Waals surface area contributed by atoms with Gasteiger partial charge in [0.15, 0.2) is 0 Å². The van der Waals surface area contributed by atoms with E-state index >= 15 is 0 Å². The van der Waals surface area contributed by atoms with Gasteiger partial charge in [-0.2, -0.15) is 0 Å². The van der Waals surface area contributed by atoms with E-state index in [-0.39, 0.29) is 31.9 Å². The standard InChI is InChI=1S/C31H31N4.C24H17N4.Pt/c1-30(2,3)31(4,5)26-21-33-28(34-26)29-32-19-20-35(29)27-24(22-13-8-6-9-14-22)17-12-18-25(27)23-15-10-7-11-16-23;1-3-8-18(9-4-1)20-12-7-13-21(19-10-5-2-6-11-19)22(20)28-17-16-27-24(28)23-25-14-15-26-23;/h6-21H,1-5H3;1-17H;/q2*-1;+2. The largest absolute Gasteiger partial charge is 2.00 e. The van der Waals surface area contributed by atoms with E-state index in [1.54, 1.807) is 18.6 Å². The second-order valence-corrected chi connectivity index (χ2v) is 16.9. The monoisotopic (exact) mass is 1020 g/mol. The van der Waals surface area contributed by atoms with Gasteiger partial charge in [0, 0.05) is 47.0 Å². The van der Waals surface area contributed by atoms with Gasteiger partial charge in [0.05, 0.1) is 11.4 Å². The van der Waals surface area contributed by atoms with E-state index in [0.29, 0.717) is 11.6 Å². The summed E-state index contributed by atoms with van der Waals surface area (Å²) in [6.07, 6.45) is 12.9. The SMILES string of the molecule is CC(C)(C)C(C)(C)c1cnc(-c2nccn2-c2c(-c3ccccc3)cccc2-c2ccccc2)[n-]1.[Pt+2].c1ccc(-c2cccc(-c3ccccc3)c2-n2ccnc2-c2ncc[n-]2)cc1. The summed E-state index contributed by atoms with van der Waals surface area (Å²) in [5.74, 6) is 2.73. The van der Waals surface area contributed by atoms with Gasteiger partial charge in [0.1, 0.15) is 11.6 Å². The first-order valence-corrected chi connectivity index (χ1v) is 21.2. The van der Waals surface area contributed by atoms with Crippen LogP contribution in [0.4, 0.5) is 0 Å². The van der Waals surface area contributed by atoms with Crippen molar-refractivity contribution in [2.75, 3.05) is 0 Å². The average Bonchev–Trinajstić information content (AvgIpc) is 4.18. The molecule has 0 aliphatic heterocycles. The maximum absolute atomic E-state index is 4.99. The van der Waals surface area contributed by atoms with Crippen LogP contribution in [-0.2, 0) is 26.5 Å². The van der Waals surface area contributed by atoms with Gasteiger partial charge in [-0.15, -0.1) is 0 Å². The fourth-order valence-electron chi connectivity index (χ4n) is 7.75. The minimum absolute atomic E-state index is 0. The Morgan fingerprint density at radius 3 is 1.17 bits per heavy atom. The molecule has 0 unspecified atom stereocenters. The number of imidazole rings is 4. The molecule has 4 aromatic heterocycles. The maximum atomic E-state index is 4.99. The molecule has 9 heteroatoms. The molecule has 64 heavy (non-hydrogen) atoms. The minimum atomic E-state index is -0.132. The molecule has 0 aliphatic rings. The van der Waals surface area contributed by atoms with Gasteiger partial charge in [0.2, 0.25) is 0 Å². The third kappa shape index (κ3) is 8.62. The van der Waals surface area contributed by atoms with Crippen LogP contribution in [0.5, 0.6) is 0 Å². The van der Waals surface area contributed by atoms with E-state index in [0.717, 1.165) is 73.2 Å². The number of aromatic nitrogens is 8. The molecule has 0 aliphatic carbocycles. The van der Waals surface area contributed by atoms with Gasteiger partial charge in [-0.25, -0.2) is 9.97 Å². The number of hydrogen-bond acceptors (Lipinski definition) is 4. The average molecular weight is 1020 g/mol. The van der Waals surface area contributed by atoms with Gasteiger partial charge in [-0.05, 0) is 44.7 Å². The first kappa shape index (κ1) is 43.5. The zero-order valence-electron chi connectivity index (χ0n) is 36.4. The van der Waals surface area contributed by atoms with Crippen molar-refractivity contribution in [1.29, 1.82) is 0 Å². The fraction of sp³-hybridized carbons (Fsp3) is 0.127. The molecule has 8 nitrogen and oxygen atoms in total. The summed E-state index contributed by atoms with van der Waals surface area (Å²) < 4.78 is 4.22. The van der Waals surface area contributed by atoms with Crippen LogP contribution >= 0.6 is 0 Å². The summed E-state index contributed by atoms with van der Waals surface area (Å²) in [5.41, 5.74) is 12.2. The minimum Gasteiger partial charge on any atom is -0.440 e. The number of nitrogens with zero attached hydrogens (tertiary/aromatic N) is 8. The molecule has 6 aromatic carbocycles. The van der Waals surface area contributed by atoms with E-state index in [1.807, 2.05) is 49.1 Å². The molecule has 0 N–H and O–H groups in total. The van der Waals surface area contributed by atoms with E-state index in [2.05, 4.69) is 192 Å². The summed E-state index contributed by atoms with van der Waals surface area (Å²) in [4.78, 5) is 27.7. The summed E-state index contributed by atoms with van der Waals surface area (Å²) in [5, 5.41) is 0. The Bertz CT molecular complexity index is 2930. The van der Waals surface area contributed by atoms with Crippen LogP contribution in [-0.4, -0.2) is 29.1 Å². The normalized spacial score (nSPS) is 11.4. The molecule has 10 rings (SSSR count). The predicted molar refractivity (Wildman–Crippen MR) is 254 cm³/mol. The maximum Gasteiger partial charge on any atom is 2.00 e. The van der Waals surface area contributed by atoms with Crippen molar-refractivity contribution in [3.63, 3.8) is 0 Å². The Kier molecular flexibility index (Phi) is 12.7. The third-order valence-electron chi connectivity index (χ3n) is 12.1. The Morgan fingerprint density at radius 2 is 0.812 bits per heavy atom. The van der Waals surface area contributed by atoms with Crippen LogP contribution in [0.1, 0.15) is 40.3 Å². The molecule has 10 aromatic rings. The van der Waals surface area contributed by atoms with E-state index in [9.17, 15) is 0 Å². The molecular formula is C55H48N8Pt. The summed E-state index contributed by atoms with van der Waals surface area (Å²) in [7, 11) is 0. The van der Waals surface area contributed by atoms with E-state index in [1.165, 1.54) is 0 Å². The van der Waals surface area contributed by atoms with E-state index in [4.69, 9.17) is 15.0 Å². The number of hydrogen-bond donors (Lipinski definition) is 0. The van der Waals surface area contributed by atoms with Crippen molar-refractivity contribution in [2.45, 2.75) is 40.0 Å². The summed E-state index contributed by atoms with van der Waals surface area (Å²) >= 11 is 0. The Balaban J connectivity index is 0.000000176. The molecule has 0 fully saturated rings. The smallest absolute Gasteiger partial charge is 0.440 e. The topological polar surface area (TPSA) is 89.6 Å². The Labute approximate surface area is 389 Å². The van der Waals surface area contributed by atoms with Crippen LogP contribution in [0.25, 0.3) is 79.2 Å². The summed E-state index contributed by atoms with van der Waals surface area (Å²) in [6, 6.07) is 54.6. The Hall–Kier alpha value is -7.15. The molecule has 0 saturated heterocycles. The van der Waals surface area contributed by atoms with Crippen LogP contribution in [0, 0.1) is 5.41 Å². The number of para-hydroxylation sites is 2. The molecular weight excluding hydrogens is 968 g/mol. The quantitative estimate of drug-likeness (QED) is 0.143. The predicted octanol–water partition coefficient (Wildman–Crippen LogP) is 12.8. The second-order valence-electron chi connectivity index (χ2n) is 16.9. The molecule has 0 bridgehead atoms. The zero-order valence-corrected chi connectivity index (χ0v) is 38.7. The number of rotatable bonds is 9. The van der Waals surface area contributed by atoms with Crippen molar-refractivity contribution < 1.29 is 21.1 Å². The van der Waals surface area contributed by atoms with Crippen LogP contribution in [0.2, 0.25) is 0 Å². The molecule has 0 spiro atoms. The van der Waals surface area contributed by atoms with Gasteiger partial charge in [-0.1, -0.05) is 217 Å². The van der Waals surface area contributed by atoms with Crippen LogP contribution in [0.3, 0.4) is 0 Å². The van der Waals surface area contributed by atoms with Gasteiger partial charge in [0.25, 0.3) is 0 Å². The molecule has 0 atom stereocenters. The van der Waals surface area contributed by atoms with Crippen molar-refractivity contribution in [3.8, 4) is 79.2 Å². The van der Waals surface area contributed by atoms with Crippen LogP contribution < -0.4 is 9.97 Å². The van der Waals surface area contributed by atoms with Gasteiger partial charge >= 0.3 is 21.1 Å². The molecule has 0 amide bonds. The molecule has 318 valence electrons. The molecule has 0 saturated carbocycles. The van der Waals surface area contributed by atoms with E-state index < -0.39 is 0 Å². The molecule has 0 radical (unpaired) electrons. The summed E-state index contributed by atoms with van der Waals surface area (Å²) in [6.45, 7) is 11.2. The van der Waals surface area contributed by atoms with Crippen LogP contribution in [0.15, 0.2) is 201 Å². The molecule has 4 heterocycles.